The molecule has 2 N–H and O–H groups in total. The van der Waals surface area contributed by atoms with Crippen LogP contribution in [0.5, 0.6) is 0 Å². The number of rotatable bonds is 0. The summed E-state index contributed by atoms with van der Waals surface area (Å²) in [5.41, 5.74) is 10.3. The van der Waals surface area contributed by atoms with Crippen LogP contribution in [-0.4, -0.2) is 5.25 Å². The van der Waals surface area contributed by atoms with Gasteiger partial charge in [-0.2, -0.15) is 11.8 Å². The first-order valence-electron chi connectivity index (χ1n) is 5.13. The first-order valence-corrected chi connectivity index (χ1v) is 6.18. The number of hydrogen-bond acceptors (Lipinski definition) is 2. The molecule has 0 amide bonds. The molecular formula is C12H17NS. The summed E-state index contributed by atoms with van der Waals surface area (Å²) in [7, 11) is 0. The van der Waals surface area contributed by atoms with E-state index in [1.165, 1.54) is 16.7 Å². The number of thioether (sulfide) groups is 1. The largest absolute Gasteiger partial charge is 0.324 e. The second-order valence-electron chi connectivity index (χ2n) is 4.17. The van der Waals surface area contributed by atoms with E-state index in [1.54, 1.807) is 0 Å². The minimum Gasteiger partial charge on any atom is -0.324 e. The van der Waals surface area contributed by atoms with E-state index in [9.17, 15) is 0 Å². The van der Waals surface area contributed by atoms with Crippen molar-refractivity contribution < 1.29 is 0 Å². The molecule has 76 valence electrons. The summed E-state index contributed by atoms with van der Waals surface area (Å²) in [6.45, 7) is 4.40. The molecular weight excluding hydrogens is 190 g/mol. The van der Waals surface area contributed by atoms with Gasteiger partial charge in [0.2, 0.25) is 0 Å². The molecule has 0 fully saturated rings. The van der Waals surface area contributed by atoms with E-state index in [4.69, 9.17) is 5.73 Å². The fourth-order valence-corrected chi connectivity index (χ4v) is 3.05. The number of hydrogen-bond donors (Lipinski definition) is 1. The van der Waals surface area contributed by atoms with Crippen molar-refractivity contribution in [1.82, 2.24) is 0 Å². The first kappa shape index (κ1) is 10.1. The van der Waals surface area contributed by atoms with Gasteiger partial charge in [0.25, 0.3) is 0 Å². The Labute approximate surface area is 90.1 Å². The lowest BCUT2D eigenvalue weighted by atomic mass is 9.97. The molecule has 0 bridgehead atoms. The standard InChI is InChI=1S/C12H17NS/c1-8-3-4-10-7-14-9(2)6-12(13)11(10)5-8/h3-5,9,12H,6-7,13H2,1-2H3. The van der Waals surface area contributed by atoms with Gasteiger partial charge in [0.15, 0.2) is 0 Å². The number of fused-ring (bicyclic) bond motifs is 1. The van der Waals surface area contributed by atoms with E-state index in [0.717, 1.165) is 12.2 Å². The topological polar surface area (TPSA) is 26.0 Å². The zero-order valence-electron chi connectivity index (χ0n) is 8.79. The molecule has 1 aliphatic rings. The highest BCUT2D eigenvalue weighted by Crippen LogP contribution is 2.33. The van der Waals surface area contributed by atoms with E-state index < -0.39 is 0 Å². The minimum atomic E-state index is 0.231. The maximum Gasteiger partial charge on any atom is 0.0308 e. The number of nitrogens with two attached hydrogens (primary N) is 1. The lowest BCUT2D eigenvalue weighted by Crippen LogP contribution is -2.14. The van der Waals surface area contributed by atoms with Gasteiger partial charge in [-0.05, 0) is 24.5 Å². The normalized spacial score (nSPS) is 26.8. The molecule has 1 aromatic carbocycles. The van der Waals surface area contributed by atoms with Crippen LogP contribution in [0.4, 0.5) is 0 Å². The molecule has 1 aliphatic heterocycles. The molecule has 0 radical (unpaired) electrons. The summed E-state index contributed by atoms with van der Waals surface area (Å²) in [6, 6.07) is 6.89. The molecule has 0 saturated heterocycles. The monoisotopic (exact) mass is 207 g/mol. The quantitative estimate of drug-likeness (QED) is 0.707. The molecule has 1 heterocycles. The fraction of sp³-hybridized carbons (Fsp3) is 0.500. The van der Waals surface area contributed by atoms with Gasteiger partial charge < -0.3 is 5.73 Å². The first-order chi connectivity index (χ1) is 6.66. The van der Waals surface area contributed by atoms with E-state index in [-0.39, 0.29) is 6.04 Å². The van der Waals surface area contributed by atoms with Crippen LogP contribution in [0.25, 0.3) is 0 Å². The van der Waals surface area contributed by atoms with E-state index in [0.29, 0.717) is 5.25 Å². The molecule has 14 heavy (non-hydrogen) atoms. The second-order valence-corrected chi connectivity index (χ2v) is 5.59. The van der Waals surface area contributed by atoms with E-state index >= 15 is 0 Å². The van der Waals surface area contributed by atoms with Crippen LogP contribution >= 0.6 is 11.8 Å². The van der Waals surface area contributed by atoms with Gasteiger partial charge in [-0.3, -0.25) is 0 Å². The highest BCUT2D eigenvalue weighted by molar-refractivity contribution is 7.99. The maximum absolute atomic E-state index is 6.19. The highest BCUT2D eigenvalue weighted by atomic mass is 32.2. The third-order valence-electron chi connectivity index (χ3n) is 2.81. The summed E-state index contributed by atoms with van der Waals surface area (Å²) in [5, 5.41) is 0.678. The van der Waals surface area contributed by atoms with Gasteiger partial charge in [0.1, 0.15) is 0 Å². The average molecular weight is 207 g/mol. The Morgan fingerprint density at radius 3 is 3.00 bits per heavy atom. The van der Waals surface area contributed by atoms with Gasteiger partial charge in [0.05, 0.1) is 0 Å². The van der Waals surface area contributed by atoms with Crippen LogP contribution < -0.4 is 5.73 Å². The van der Waals surface area contributed by atoms with Crippen molar-refractivity contribution in [3.8, 4) is 0 Å². The van der Waals surface area contributed by atoms with Crippen LogP contribution in [-0.2, 0) is 5.75 Å². The Morgan fingerprint density at radius 2 is 2.21 bits per heavy atom. The SMILES string of the molecule is Cc1ccc2c(c1)C(N)CC(C)SC2. The molecule has 2 unspecified atom stereocenters. The van der Waals surface area contributed by atoms with Crippen LogP contribution in [0.1, 0.15) is 36.1 Å². The predicted molar refractivity (Wildman–Crippen MR) is 63.5 cm³/mol. The molecule has 1 aromatic rings. The Balaban J connectivity index is 2.39. The molecule has 0 spiro atoms. The maximum atomic E-state index is 6.19. The van der Waals surface area contributed by atoms with Crippen molar-refractivity contribution in [2.24, 2.45) is 5.73 Å². The smallest absolute Gasteiger partial charge is 0.0308 e. The lowest BCUT2D eigenvalue weighted by Gasteiger charge is -2.14. The van der Waals surface area contributed by atoms with Gasteiger partial charge in [0, 0.05) is 17.0 Å². The third-order valence-corrected chi connectivity index (χ3v) is 4.05. The fourth-order valence-electron chi connectivity index (χ4n) is 1.98. The van der Waals surface area contributed by atoms with Crippen molar-refractivity contribution in [2.45, 2.75) is 37.3 Å². The van der Waals surface area contributed by atoms with Crippen molar-refractivity contribution >= 4 is 11.8 Å². The Kier molecular flexibility index (Phi) is 2.84. The van der Waals surface area contributed by atoms with E-state index in [2.05, 4.69) is 32.0 Å². The average Bonchev–Trinajstić information content (AvgIpc) is 2.27. The van der Waals surface area contributed by atoms with Crippen molar-refractivity contribution in [3.05, 3.63) is 34.9 Å². The van der Waals surface area contributed by atoms with Gasteiger partial charge >= 0.3 is 0 Å². The summed E-state index contributed by atoms with van der Waals surface area (Å²) in [6.07, 6.45) is 1.10. The van der Waals surface area contributed by atoms with E-state index in [1.807, 2.05) is 11.8 Å². The molecule has 2 heteroatoms. The third kappa shape index (κ3) is 1.96. The van der Waals surface area contributed by atoms with Crippen molar-refractivity contribution in [2.75, 3.05) is 0 Å². The zero-order chi connectivity index (χ0) is 10.1. The second kappa shape index (κ2) is 3.95. The molecule has 2 atom stereocenters. The lowest BCUT2D eigenvalue weighted by molar-refractivity contribution is 0.650. The predicted octanol–water partition coefficient (Wildman–Crippen LogP) is 3.02. The van der Waals surface area contributed by atoms with Crippen molar-refractivity contribution in [3.63, 3.8) is 0 Å². The molecule has 1 nitrogen and oxygen atoms in total. The van der Waals surface area contributed by atoms with Gasteiger partial charge in [-0.25, -0.2) is 0 Å². The van der Waals surface area contributed by atoms with Crippen LogP contribution in [0.3, 0.4) is 0 Å². The van der Waals surface area contributed by atoms with Crippen LogP contribution in [0.2, 0.25) is 0 Å². The molecule has 0 aliphatic carbocycles. The molecule has 2 rings (SSSR count). The zero-order valence-corrected chi connectivity index (χ0v) is 9.60. The summed E-state index contributed by atoms with van der Waals surface area (Å²) < 4.78 is 0. The minimum absolute atomic E-state index is 0.231. The number of aryl methyl sites for hydroxylation is 1. The Hall–Kier alpha value is -0.470. The number of benzene rings is 1. The summed E-state index contributed by atoms with van der Waals surface area (Å²) in [4.78, 5) is 0. The Morgan fingerprint density at radius 1 is 1.43 bits per heavy atom. The van der Waals surface area contributed by atoms with Crippen molar-refractivity contribution in [1.29, 1.82) is 0 Å². The van der Waals surface area contributed by atoms with Crippen LogP contribution in [0, 0.1) is 6.92 Å². The summed E-state index contributed by atoms with van der Waals surface area (Å²) in [5.74, 6) is 1.12. The molecule has 0 saturated carbocycles. The van der Waals surface area contributed by atoms with Gasteiger partial charge in [-0.1, -0.05) is 30.7 Å². The Bertz CT molecular complexity index is 335. The molecule has 0 aromatic heterocycles. The summed E-state index contributed by atoms with van der Waals surface area (Å²) >= 11 is 2.01. The van der Waals surface area contributed by atoms with Gasteiger partial charge in [-0.15, -0.1) is 0 Å². The highest BCUT2D eigenvalue weighted by Gasteiger charge is 2.19. The van der Waals surface area contributed by atoms with Crippen LogP contribution in [0.15, 0.2) is 18.2 Å².